The smallest absolute Gasteiger partial charge is 0.165 e. The van der Waals surface area contributed by atoms with E-state index in [0.717, 1.165) is 38.6 Å². The van der Waals surface area contributed by atoms with Crippen LogP contribution < -0.4 is 0 Å². The van der Waals surface area contributed by atoms with Crippen LogP contribution in [0.5, 0.6) is 0 Å². The Morgan fingerprint density at radius 3 is 1.68 bits per heavy atom. The highest BCUT2D eigenvalue weighted by Gasteiger charge is 2.18. The molecule has 5 heteroatoms. The van der Waals surface area contributed by atoms with Crippen LogP contribution in [0.3, 0.4) is 0 Å². The molecule has 0 aliphatic carbocycles. The molecule has 0 saturated heterocycles. The first-order valence-corrected chi connectivity index (χ1v) is 12.7. The molecule has 5 aromatic carbocycles. The van der Waals surface area contributed by atoms with Gasteiger partial charge < -0.3 is 4.42 Å². The first-order valence-electron chi connectivity index (χ1n) is 12.3. The highest BCUT2D eigenvalue weighted by atomic mass is 35.5. The molecule has 0 aliphatic heterocycles. The van der Waals surface area contributed by atoms with E-state index in [4.69, 9.17) is 31.0 Å². The van der Waals surface area contributed by atoms with Crippen LogP contribution in [0.1, 0.15) is 0 Å². The highest BCUT2D eigenvalue weighted by molar-refractivity contribution is 6.38. The van der Waals surface area contributed by atoms with Gasteiger partial charge in [0, 0.05) is 27.5 Å². The van der Waals surface area contributed by atoms with Gasteiger partial charge in [-0.2, -0.15) is 0 Å². The lowest BCUT2D eigenvalue weighted by atomic mass is 10.0. The number of furan rings is 1. The lowest BCUT2D eigenvalue weighted by Gasteiger charge is -2.10. The van der Waals surface area contributed by atoms with Gasteiger partial charge in [-0.25, -0.2) is 15.0 Å². The summed E-state index contributed by atoms with van der Waals surface area (Å²) in [5.74, 6) is 1.65. The van der Waals surface area contributed by atoms with Crippen molar-refractivity contribution in [1.29, 1.82) is 0 Å². The van der Waals surface area contributed by atoms with E-state index < -0.39 is 0 Å². The third-order valence-corrected chi connectivity index (χ3v) is 7.02. The minimum atomic E-state index is 0.481. The molecule has 2 heterocycles. The van der Waals surface area contributed by atoms with Crippen LogP contribution in [0.15, 0.2) is 126 Å². The third-order valence-electron chi connectivity index (χ3n) is 6.64. The Labute approximate surface area is 224 Å². The quantitative estimate of drug-likeness (QED) is 0.237. The summed E-state index contributed by atoms with van der Waals surface area (Å²) in [6.07, 6.45) is 0. The zero-order valence-electron chi connectivity index (χ0n) is 20.2. The Kier molecular flexibility index (Phi) is 5.46. The van der Waals surface area contributed by atoms with Gasteiger partial charge in [0.1, 0.15) is 5.58 Å². The highest BCUT2D eigenvalue weighted by Crippen LogP contribution is 2.39. The summed E-state index contributed by atoms with van der Waals surface area (Å²) in [6, 6.07) is 40.3. The fourth-order valence-electron chi connectivity index (χ4n) is 4.71. The predicted octanol–water partition coefficient (Wildman–Crippen LogP) is 9.09. The van der Waals surface area contributed by atoms with E-state index in [9.17, 15) is 0 Å². The molecule has 38 heavy (non-hydrogen) atoms. The van der Waals surface area contributed by atoms with E-state index in [-0.39, 0.29) is 0 Å². The third kappa shape index (κ3) is 3.92. The molecule has 0 aliphatic rings. The topological polar surface area (TPSA) is 51.8 Å². The van der Waals surface area contributed by atoms with Crippen LogP contribution in [0, 0.1) is 0 Å². The number of para-hydroxylation sites is 1. The van der Waals surface area contributed by atoms with Gasteiger partial charge in [-0.3, -0.25) is 0 Å². The van der Waals surface area contributed by atoms with Crippen molar-refractivity contribution in [2.24, 2.45) is 0 Å². The van der Waals surface area contributed by atoms with Crippen molar-refractivity contribution in [2.45, 2.75) is 0 Å². The number of halogens is 1. The molecule has 180 valence electrons. The SMILES string of the molecule is Clc1c(-c2nc(-c3ccccc3)nc(-c3ccc(-c4ccccc4)cc3)n2)ccc2c1oc1ccccc12. The number of nitrogens with zero attached hydrogens (tertiary/aromatic N) is 3. The second-order valence-electron chi connectivity index (χ2n) is 9.02. The Hall–Kier alpha value is -4.80. The van der Waals surface area contributed by atoms with Crippen molar-refractivity contribution in [3.8, 4) is 45.3 Å². The Balaban J connectivity index is 1.39. The van der Waals surface area contributed by atoms with Crippen LogP contribution in [0.2, 0.25) is 5.02 Å². The van der Waals surface area contributed by atoms with Gasteiger partial charge in [0.15, 0.2) is 23.1 Å². The molecule has 7 aromatic rings. The molecule has 2 aromatic heterocycles. The summed E-state index contributed by atoms with van der Waals surface area (Å²) in [7, 11) is 0. The van der Waals surface area contributed by atoms with E-state index in [1.165, 1.54) is 0 Å². The second kappa shape index (κ2) is 9.25. The zero-order valence-corrected chi connectivity index (χ0v) is 20.9. The maximum atomic E-state index is 6.94. The minimum Gasteiger partial charge on any atom is -0.454 e. The van der Waals surface area contributed by atoms with Crippen LogP contribution >= 0.6 is 11.6 Å². The summed E-state index contributed by atoms with van der Waals surface area (Å²) in [6.45, 7) is 0. The molecule has 0 saturated carbocycles. The summed E-state index contributed by atoms with van der Waals surface area (Å²) in [5, 5.41) is 2.47. The van der Waals surface area contributed by atoms with Crippen LogP contribution in [0.4, 0.5) is 0 Å². The molecular formula is C33H20ClN3O. The number of benzene rings is 5. The van der Waals surface area contributed by atoms with Crippen molar-refractivity contribution in [3.05, 3.63) is 126 Å². The fraction of sp³-hybridized carbons (Fsp3) is 0. The van der Waals surface area contributed by atoms with Crippen molar-refractivity contribution < 1.29 is 4.42 Å². The molecule has 0 radical (unpaired) electrons. The lowest BCUT2D eigenvalue weighted by molar-refractivity contribution is 0.669. The fourth-order valence-corrected chi connectivity index (χ4v) is 5.00. The molecule has 0 amide bonds. The number of aromatic nitrogens is 3. The molecular weight excluding hydrogens is 490 g/mol. The van der Waals surface area contributed by atoms with Gasteiger partial charge in [-0.15, -0.1) is 0 Å². The minimum absolute atomic E-state index is 0.481. The van der Waals surface area contributed by atoms with Gasteiger partial charge in [0.2, 0.25) is 0 Å². The molecule has 7 rings (SSSR count). The van der Waals surface area contributed by atoms with Crippen LogP contribution in [0.25, 0.3) is 67.2 Å². The number of fused-ring (bicyclic) bond motifs is 3. The average Bonchev–Trinajstić information content (AvgIpc) is 3.38. The normalized spacial score (nSPS) is 11.3. The van der Waals surface area contributed by atoms with Crippen LogP contribution in [-0.4, -0.2) is 15.0 Å². The average molecular weight is 510 g/mol. The van der Waals surface area contributed by atoms with Crippen molar-refractivity contribution >= 4 is 33.5 Å². The largest absolute Gasteiger partial charge is 0.454 e. The van der Waals surface area contributed by atoms with Crippen molar-refractivity contribution in [3.63, 3.8) is 0 Å². The summed E-state index contributed by atoms with van der Waals surface area (Å²) in [4.78, 5) is 14.6. The molecule has 0 bridgehead atoms. The van der Waals surface area contributed by atoms with E-state index >= 15 is 0 Å². The summed E-state index contributed by atoms with van der Waals surface area (Å²) >= 11 is 6.94. The van der Waals surface area contributed by atoms with E-state index in [1.807, 2.05) is 97.1 Å². The van der Waals surface area contributed by atoms with Gasteiger partial charge >= 0.3 is 0 Å². The summed E-state index contributed by atoms with van der Waals surface area (Å²) in [5.41, 5.74) is 6.20. The monoisotopic (exact) mass is 509 g/mol. The predicted molar refractivity (Wildman–Crippen MR) is 154 cm³/mol. The van der Waals surface area contributed by atoms with Gasteiger partial charge in [-0.1, -0.05) is 115 Å². The van der Waals surface area contributed by atoms with Crippen LogP contribution in [-0.2, 0) is 0 Å². The number of hydrogen-bond acceptors (Lipinski definition) is 4. The van der Waals surface area contributed by atoms with Gasteiger partial charge in [0.25, 0.3) is 0 Å². The lowest BCUT2D eigenvalue weighted by Crippen LogP contribution is -2.00. The standard InChI is InChI=1S/C33H20ClN3O/c34-29-27(20-19-26-25-13-7-8-14-28(25)38-30(26)29)33-36-31(23-11-5-2-6-12-23)35-32(37-33)24-17-15-22(16-18-24)21-9-3-1-4-10-21/h1-20H. The van der Waals surface area contributed by atoms with Gasteiger partial charge in [0.05, 0.1) is 5.02 Å². The first-order chi connectivity index (χ1) is 18.7. The molecule has 0 fully saturated rings. The second-order valence-corrected chi connectivity index (χ2v) is 9.40. The maximum Gasteiger partial charge on any atom is 0.165 e. The molecule has 0 unspecified atom stereocenters. The van der Waals surface area contributed by atoms with Crippen molar-refractivity contribution in [2.75, 3.05) is 0 Å². The maximum absolute atomic E-state index is 6.94. The zero-order chi connectivity index (χ0) is 25.5. The Morgan fingerprint density at radius 2 is 0.974 bits per heavy atom. The van der Waals surface area contributed by atoms with E-state index in [1.54, 1.807) is 0 Å². The van der Waals surface area contributed by atoms with E-state index in [2.05, 4.69) is 24.3 Å². The van der Waals surface area contributed by atoms with E-state index in [0.29, 0.717) is 33.6 Å². The molecule has 0 atom stereocenters. The molecule has 0 N–H and O–H groups in total. The molecule has 4 nitrogen and oxygen atoms in total. The molecule has 0 spiro atoms. The summed E-state index contributed by atoms with van der Waals surface area (Å²) < 4.78 is 6.13. The first kappa shape index (κ1) is 22.4. The van der Waals surface area contributed by atoms with Gasteiger partial charge in [-0.05, 0) is 29.3 Å². The van der Waals surface area contributed by atoms with Crippen molar-refractivity contribution in [1.82, 2.24) is 15.0 Å². The Bertz CT molecular complexity index is 1910. The Morgan fingerprint density at radius 1 is 0.447 bits per heavy atom. The number of hydrogen-bond donors (Lipinski definition) is 0. The number of rotatable bonds is 4.